The Hall–Kier alpha value is -2.30. The van der Waals surface area contributed by atoms with Gasteiger partial charge < -0.3 is 9.84 Å². The van der Waals surface area contributed by atoms with Gasteiger partial charge in [-0.05, 0) is 51.0 Å². The van der Waals surface area contributed by atoms with Gasteiger partial charge in [-0.1, -0.05) is 6.07 Å². The minimum absolute atomic E-state index is 0.0344. The summed E-state index contributed by atoms with van der Waals surface area (Å²) in [7, 11) is 0. The number of ether oxygens (including phenoxy) is 1. The van der Waals surface area contributed by atoms with E-state index in [2.05, 4.69) is 10.2 Å². The Bertz CT molecular complexity index is 645. The number of aromatic carboxylic acids is 1. The molecule has 0 aliphatic carbocycles. The Kier molecular flexibility index (Phi) is 3.79. The molecule has 1 aromatic carbocycles. The molecule has 2 aromatic rings. The number of nitrogens with one attached hydrogen (secondary N) is 1. The zero-order valence-electron chi connectivity index (χ0n) is 12.0. The highest BCUT2D eigenvalue weighted by molar-refractivity contribution is 5.87. The van der Waals surface area contributed by atoms with Crippen LogP contribution in [-0.4, -0.2) is 27.4 Å². The average molecular weight is 274 g/mol. The lowest BCUT2D eigenvalue weighted by molar-refractivity contribution is 0.0690. The van der Waals surface area contributed by atoms with E-state index in [1.807, 2.05) is 39.8 Å². The number of H-pyrrole nitrogens is 1. The van der Waals surface area contributed by atoms with E-state index in [9.17, 15) is 4.79 Å². The predicted octanol–water partition coefficient (Wildman–Crippen LogP) is 3.18. The van der Waals surface area contributed by atoms with Crippen LogP contribution in [0.25, 0.3) is 11.3 Å². The molecule has 0 atom stereocenters. The molecule has 0 bridgehead atoms. The van der Waals surface area contributed by atoms with E-state index in [-0.39, 0.29) is 11.8 Å². The molecule has 1 aromatic heterocycles. The maximum absolute atomic E-state index is 10.9. The van der Waals surface area contributed by atoms with Crippen molar-refractivity contribution in [2.75, 3.05) is 0 Å². The largest absolute Gasteiger partial charge is 0.490 e. The summed E-state index contributed by atoms with van der Waals surface area (Å²) in [6.07, 6.45) is 0.0344. The number of hydrogen-bond donors (Lipinski definition) is 2. The van der Waals surface area contributed by atoms with Crippen LogP contribution in [0.4, 0.5) is 0 Å². The molecule has 5 heteroatoms. The second-order valence-electron chi connectivity index (χ2n) is 5.02. The van der Waals surface area contributed by atoms with Crippen molar-refractivity contribution < 1.29 is 14.6 Å². The summed E-state index contributed by atoms with van der Waals surface area (Å²) >= 11 is 0. The number of rotatable bonds is 4. The van der Waals surface area contributed by atoms with Gasteiger partial charge in [0.2, 0.25) is 0 Å². The normalized spacial score (nSPS) is 10.8. The van der Waals surface area contributed by atoms with E-state index in [0.29, 0.717) is 5.69 Å². The number of carbonyl (C=O) groups is 1. The third kappa shape index (κ3) is 2.66. The fraction of sp³-hybridized carbons (Fsp3) is 0.333. The molecule has 0 saturated carbocycles. The fourth-order valence-corrected chi connectivity index (χ4v) is 1.95. The standard InChI is InChI=1S/C15H18N2O3/c1-8(2)20-14-10(4)9(3)5-6-11(14)12-7-13(15(18)19)17-16-12/h5-8H,1-4H3,(H,16,17)(H,18,19). The smallest absolute Gasteiger partial charge is 0.353 e. The summed E-state index contributed by atoms with van der Waals surface area (Å²) in [6, 6.07) is 5.40. The van der Waals surface area contributed by atoms with Gasteiger partial charge in [0.1, 0.15) is 11.4 Å². The molecule has 106 valence electrons. The summed E-state index contributed by atoms with van der Waals surface area (Å²) in [5, 5.41) is 15.5. The van der Waals surface area contributed by atoms with Gasteiger partial charge in [0.05, 0.1) is 11.8 Å². The molecule has 0 fully saturated rings. The zero-order valence-corrected chi connectivity index (χ0v) is 12.0. The van der Waals surface area contributed by atoms with Crippen LogP contribution in [-0.2, 0) is 0 Å². The molecule has 0 radical (unpaired) electrons. The average Bonchev–Trinajstić information content (AvgIpc) is 2.84. The van der Waals surface area contributed by atoms with Gasteiger partial charge in [-0.25, -0.2) is 4.79 Å². The van der Waals surface area contributed by atoms with Crippen LogP contribution < -0.4 is 4.74 Å². The Labute approximate surface area is 117 Å². The number of carboxylic acid groups (broad SMARTS) is 1. The van der Waals surface area contributed by atoms with E-state index in [4.69, 9.17) is 9.84 Å². The summed E-state index contributed by atoms with van der Waals surface area (Å²) in [5.74, 6) is -0.276. The van der Waals surface area contributed by atoms with Crippen LogP contribution in [0.15, 0.2) is 18.2 Å². The summed E-state index contributed by atoms with van der Waals surface area (Å²) < 4.78 is 5.88. The molecule has 1 heterocycles. The number of aromatic nitrogens is 2. The van der Waals surface area contributed by atoms with Crippen molar-refractivity contribution in [3.05, 3.63) is 35.0 Å². The number of nitrogens with zero attached hydrogens (tertiary/aromatic N) is 1. The Morgan fingerprint density at radius 2 is 2.05 bits per heavy atom. The number of benzene rings is 1. The lowest BCUT2D eigenvalue weighted by atomic mass is 10.0. The van der Waals surface area contributed by atoms with E-state index in [1.54, 1.807) is 0 Å². The van der Waals surface area contributed by atoms with E-state index >= 15 is 0 Å². The highest BCUT2D eigenvalue weighted by Gasteiger charge is 2.16. The van der Waals surface area contributed by atoms with Crippen LogP contribution in [0.5, 0.6) is 5.75 Å². The van der Waals surface area contributed by atoms with E-state index in [1.165, 1.54) is 6.07 Å². The SMILES string of the molecule is Cc1ccc(-c2cc(C(=O)O)[nH]n2)c(OC(C)C)c1C. The number of aromatic amines is 1. The Morgan fingerprint density at radius 1 is 1.35 bits per heavy atom. The van der Waals surface area contributed by atoms with Crippen LogP contribution in [0.1, 0.15) is 35.5 Å². The lowest BCUT2D eigenvalue weighted by Crippen LogP contribution is -2.08. The molecule has 20 heavy (non-hydrogen) atoms. The Morgan fingerprint density at radius 3 is 2.60 bits per heavy atom. The van der Waals surface area contributed by atoms with Gasteiger partial charge in [-0.2, -0.15) is 5.10 Å². The molecule has 5 nitrogen and oxygen atoms in total. The molecule has 0 aliphatic heterocycles. The fourth-order valence-electron chi connectivity index (χ4n) is 1.95. The quantitative estimate of drug-likeness (QED) is 0.897. The first-order valence-corrected chi connectivity index (χ1v) is 6.46. The molecule has 2 rings (SSSR count). The van der Waals surface area contributed by atoms with Gasteiger partial charge in [-0.3, -0.25) is 5.10 Å². The molecule has 0 amide bonds. The molecule has 0 unspecified atom stereocenters. The summed E-state index contributed by atoms with van der Waals surface area (Å²) in [4.78, 5) is 10.9. The third-order valence-electron chi connectivity index (χ3n) is 3.11. The van der Waals surface area contributed by atoms with Gasteiger partial charge in [0, 0.05) is 5.56 Å². The van der Waals surface area contributed by atoms with Gasteiger partial charge in [0.25, 0.3) is 0 Å². The van der Waals surface area contributed by atoms with Gasteiger partial charge in [-0.15, -0.1) is 0 Å². The molecule has 2 N–H and O–H groups in total. The topological polar surface area (TPSA) is 75.2 Å². The second kappa shape index (κ2) is 5.36. The first-order valence-electron chi connectivity index (χ1n) is 6.46. The molecule has 0 spiro atoms. The molecule has 0 aliphatic rings. The predicted molar refractivity (Wildman–Crippen MR) is 76.2 cm³/mol. The maximum Gasteiger partial charge on any atom is 0.353 e. The van der Waals surface area contributed by atoms with Crippen molar-refractivity contribution in [1.29, 1.82) is 0 Å². The highest BCUT2D eigenvalue weighted by atomic mass is 16.5. The maximum atomic E-state index is 10.9. The number of carboxylic acids is 1. The van der Waals surface area contributed by atoms with Crippen molar-refractivity contribution in [2.24, 2.45) is 0 Å². The highest BCUT2D eigenvalue weighted by Crippen LogP contribution is 2.34. The molecule has 0 saturated heterocycles. The lowest BCUT2D eigenvalue weighted by Gasteiger charge is -2.17. The van der Waals surface area contributed by atoms with Crippen molar-refractivity contribution in [1.82, 2.24) is 10.2 Å². The summed E-state index contributed by atoms with van der Waals surface area (Å²) in [5.41, 5.74) is 3.59. The van der Waals surface area contributed by atoms with Crippen LogP contribution >= 0.6 is 0 Å². The second-order valence-corrected chi connectivity index (χ2v) is 5.02. The zero-order chi connectivity index (χ0) is 14.9. The minimum Gasteiger partial charge on any atom is -0.490 e. The van der Waals surface area contributed by atoms with Crippen LogP contribution in [0.3, 0.4) is 0 Å². The summed E-state index contributed by atoms with van der Waals surface area (Å²) in [6.45, 7) is 7.92. The van der Waals surface area contributed by atoms with Crippen molar-refractivity contribution in [2.45, 2.75) is 33.8 Å². The molecular formula is C15H18N2O3. The number of aryl methyl sites for hydroxylation is 1. The minimum atomic E-state index is -1.03. The van der Waals surface area contributed by atoms with Crippen molar-refractivity contribution >= 4 is 5.97 Å². The monoisotopic (exact) mass is 274 g/mol. The van der Waals surface area contributed by atoms with E-state index < -0.39 is 5.97 Å². The van der Waals surface area contributed by atoms with Gasteiger partial charge in [0.15, 0.2) is 0 Å². The van der Waals surface area contributed by atoms with Gasteiger partial charge >= 0.3 is 5.97 Å². The van der Waals surface area contributed by atoms with Crippen molar-refractivity contribution in [3.8, 4) is 17.0 Å². The third-order valence-corrected chi connectivity index (χ3v) is 3.11. The molecular weight excluding hydrogens is 256 g/mol. The Balaban J connectivity index is 2.54. The first kappa shape index (κ1) is 14.1. The first-order chi connectivity index (χ1) is 9.40. The van der Waals surface area contributed by atoms with E-state index in [0.717, 1.165) is 22.4 Å². The van der Waals surface area contributed by atoms with Crippen LogP contribution in [0.2, 0.25) is 0 Å². The number of hydrogen-bond acceptors (Lipinski definition) is 3. The van der Waals surface area contributed by atoms with Crippen LogP contribution in [0, 0.1) is 13.8 Å². The van der Waals surface area contributed by atoms with Crippen molar-refractivity contribution in [3.63, 3.8) is 0 Å².